The second kappa shape index (κ2) is 5.45. The molecule has 1 aromatic carbocycles. The molecule has 23 heavy (non-hydrogen) atoms. The lowest BCUT2D eigenvalue weighted by molar-refractivity contribution is 0.0697. The Labute approximate surface area is 137 Å². The Morgan fingerprint density at radius 1 is 1.30 bits per heavy atom. The number of aryl methyl sites for hydroxylation is 3. The smallest absolute Gasteiger partial charge is 0.335 e. The zero-order chi connectivity index (χ0) is 16.0. The molecule has 0 fully saturated rings. The number of rotatable bonds is 3. The van der Waals surface area contributed by atoms with Gasteiger partial charge in [-0.05, 0) is 43.9 Å². The van der Waals surface area contributed by atoms with Gasteiger partial charge in [0.15, 0.2) is 0 Å². The number of carbonyl (C=O) groups is 1. The van der Waals surface area contributed by atoms with Crippen molar-refractivity contribution < 1.29 is 9.90 Å². The van der Waals surface area contributed by atoms with E-state index in [9.17, 15) is 4.79 Å². The van der Waals surface area contributed by atoms with Crippen LogP contribution in [0, 0.1) is 0 Å². The molecule has 1 aliphatic carbocycles. The minimum Gasteiger partial charge on any atom is -0.478 e. The van der Waals surface area contributed by atoms with Gasteiger partial charge in [-0.25, -0.2) is 14.8 Å². The van der Waals surface area contributed by atoms with Crippen molar-refractivity contribution in [3.8, 4) is 0 Å². The van der Waals surface area contributed by atoms with Crippen LogP contribution in [0.5, 0.6) is 0 Å². The number of benzene rings is 1. The first-order chi connectivity index (χ1) is 11.1. The van der Waals surface area contributed by atoms with Crippen molar-refractivity contribution in [3.05, 3.63) is 45.2 Å². The summed E-state index contributed by atoms with van der Waals surface area (Å²) in [5.41, 5.74) is 3.21. The van der Waals surface area contributed by atoms with Gasteiger partial charge in [-0.3, -0.25) is 0 Å². The van der Waals surface area contributed by atoms with Crippen LogP contribution in [0.2, 0.25) is 0 Å². The van der Waals surface area contributed by atoms with Crippen LogP contribution in [0.1, 0.15) is 44.6 Å². The first kappa shape index (κ1) is 14.4. The third kappa shape index (κ3) is 2.53. The van der Waals surface area contributed by atoms with Crippen LogP contribution in [0.3, 0.4) is 0 Å². The highest BCUT2D eigenvalue weighted by atomic mass is 32.1. The quantitative estimate of drug-likeness (QED) is 0.802. The molecule has 0 saturated heterocycles. The molecule has 0 aliphatic heterocycles. The maximum Gasteiger partial charge on any atom is 0.335 e. The topological polar surface area (TPSA) is 68.0 Å². The fourth-order valence-corrected chi connectivity index (χ4v) is 4.31. The SMILES string of the molecule is Cn1c(Cc2nc3c(s2)CCCC3)nc2cc(C(=O)O)ccc21. The molecule has 0 saturated carbocycles. The summed E-state index contributed by atoms with van der Waals surface area (Å²) in [5, 5.41) is 10.2. The summed E-state index contributed by atoms with van der Waals surface area (Å²) in [6, 6.07) is 5.08. The number of aromatic carboxylic acids is 1. The second-order valence-corrected chi connectivity index (χ2v) is 7.13. The van der Waals surface area contributed by atoms with Gasteiger partial charge in [0.1, 0.15) is 10.8 Å². The van der Waals surface area contributed by atoms with Crippen LogP contribution in [-0.4, -0.2) is 25.6 Å². The molecule has 0 bridgehead atoms. The van der Waals surface area contributed by atoms with E-state index in [1.807, 2.05) is 17.7 Å². The lowest BCUT2D eigenvalue weighted by Crippen LogP contribution is -2.00. The Hall–Kier alpha value is -2.21. The zero-order valence-electron chi connectivity index (χ0n) is 12.9. The van der Waals surface area contributed by atoms with Crippen molar-refractivity contribution in [2.45, 2.75) is 32.1 Å². The molecule has 0 amide bonds. The van der Waals surface area contributed by atoms with Gasteiger partial charge in [0.25, 0.3) is 0 Å². The second-order valence-electron chi connectivity index (χ2n) is 5.96. The average molecular weight is 327 g/mol. The molecule has 1 N–H and O–H groups in total. The number of hydrogen-bond donors (Lipinski definition) is 1. The Kier molecular flexibility index (Phi) is 3.41. The normalized spacial score (nSPS) is 14.1. The molecule has 3 aromatic rings. The zero-order valence-corrected chi connectivity index (χ0v) is 13.7. The van der Waals surface area contributed by atoms with E-state index >= 15 is 0 Å². The number of carboxylic acid groups (broad SMARTS) is 1. The van der Waals surface area contributed by atoms with Gasteiger partial charge in [0, 0.05) is 11.9 Å². The number of hydrogen-bond acceptors (Lipinski definition) is 4. The molecular formula is C17H17N3O2S. The fourth-order valence-electron chi connectivity index (χ4n) is 3.16. The van der Waals surface area contributed by atoms with E-state index in [1.165, 1.54) is 23.4 Å². The summed E-state index contributed by atoms with van der Waals surface area (Å²) < 4.78 is 2.03. The highest BCUT2D eigenvalue weighted by Gasteiger charge is 2.17. The Morgan fingerprint density at radius 3 is 2.91 bits per heavy atom. The minimum atomic E-state index is -0.924. The first-order valence-corrected chi connectivity index (χ1v) is 8.59. The Balaban J connectivity index is 1.69. The van der Waals surface area contributed by atoms with Gasteiger partial charge in [0.05, 0.1) is 28.7 Å². The van der Waals surface area contributed by atoms with Crippen molar-refractivity contribution in [1.82, 2.24) is 14.5 Å². The number of fused-ring (bicyclic) bond motifs is 2. The van der Waals surface area contributed by atoms with Crippen molar-refractivity contribution in [1.29, 1.82) is 0 Å². The summed E-state index contributed by atoms with van der Waals surface area (Å²) in [6.07, 6.45) is 5.44. The fraction of sp³-hybridized carbons (Fsp3) is 0.353. The van der Waals surface area contributed by atoms with E-state index in [4.69, 9.17) is 10.1 Å². The average Bonchev–Trinajstić information content (AvgIpc) is 3.08. The molecule has 4 rings (SSSR count). The summed E-state index contributed by atoms with van der Waals surface area (Å²) >= 11 is 1.80. The molecule has 2 heterocycles. The maximum atomic E-state index is 11.1. The standard InChI is InChI=1S/C17H17N3O2S/c1-20-13-7-6-10(17(21)22)8-12(13)18-15(20)9-16-19-11-4-2-3-5-14(11)23-16/h6-8H,2-5,9H2,1H3,(H,21,22). The van der Waals surface area contributed by atoms with Gasteiger partial charge in [0.2, 0.25) is 0 Å². The molecule has 0 atom stereocenters. The molecule has 5 nitrogen and oxygen atoms in total. The predicted octanol–water partition coefficient (Wildman–Crippen LogP) is 3.20. The third-order valence-electron chi connectivity index (χ3n) is 4.42. The van der Waals surface area contributed by atoms with Crippen LogP contribution in [0.15, 0.2) is 18.2 Å². The highest BCUT2D eigenvalue weighted by molar-refractivity contribution is 7.11. The lowest BCUT2D eigenvalue weighted by atomic mass is 10.0. The molecule has 1 aliphatic rings. The number of aromatic nitrogens is 3. The van der Waals surface area contributed by atoms with Crippen LogP contribution in [0.25, 0.3) is 11.0 Å². The van der Waals surface area contributed by atoms with Crippen molar-refractivity contribution in [2.24, 2.45) is 7.05 Å². The summed E-state index contributed by atoms with van der Waals surface area (Å²) in [7, 11) is 1.97. The molecule has 0 radical (unpaired) electrons. The van der Waals surface area contributed by atoms with Gasteiger partial charge in [-0.2, -0.15) is 0 Å². The minimum absolute atomic E-state index is 0.270. The molecule has 2 aromatic heterocycles. The van der Waals surface area contributed by atoms with E-state index in [0.29, 0.717) is 6.42 Å². The van der Waals surface area contributed by atoms with Crippen LogP contribution in [-0.2, 0) is 26.3 Å². The number of carboxylic acids is 1. The van der Waals surface area contributed by atoms with Gasteiger partial charge in [-0.15, -0.1) is 11.3 Å². The molecular weight excluding hydrogens is 310 g/mol. The number of thiazole rings is 1. The Bertz CT molecular complexity index is 887. The Morgan fingerprint density at radius 2 is 2.13 bits per heavy atom. The molecule has 0 spiro atoms. The van der Waals surface area contributed by atoms with E-state index < -0.39 is 5.97 Å². The number of imidazole rings is 1. The van der Waals surface area contributed by atoms with Gasteiger partial charge >= 0.3 is 5.97 Å². The van der Waals surface area contributed by atoms with Gasteiger partial charge in [-0.1, -0.05) is 0 Å². The van der Waals surface area contributed by atoms with E-state index in [-0.39, 0.29) is 5.56 Å². The van der Waals surface area contributed by atoms with E-state index in [1.54, 1.807) is 23.5 Å². The van der Waals surface area contributed by atoms with Crippen molar-refractivity contribution in [2.75, 3.05) is 0 Å². The molecule has 0 unspecified atom stereocenters. The van der Waals surface area contributed by atoms with Crippen LogP contribution in [0.4, 0.5) is 0 Å². The summed E-state index contributed by atoms with van der Waals surface area (Å²) in [6.45, 7) is 0. The highest BCUT2D eigenvalue weighted by Crippen LogP contribution is 2.28. The maximum absolute atomic E-state index is 11.1. The van der Waals surface area contributed by atoms with Gasteiger partial charge < -0.3 is 9.67 Å². The van der Waals surface area contributed by atoms with Crippen molar-refractivity contribution in [3.63, 3.8) is 0 Å². The van der Waals surface area contributed by atoms with Crippen LogP contribution < -0.4 is 0 Å². The number of nitrogens with zero attached hydrogens (tertiary/aromatic N) is 3. The predicted molar refractivity (Wildman–Crippen MR) is 89.2 cm³/mol. The van der Waals surface area contributed by atoms with Crippen molar-refractivity contribution >= 4 is 28.3 Å². The first-order valence-electron chi connectivity index (χ1n) is 7.78. The third-order valence-corrected chi connectivity index (χ3v) is 5.58. The molecule has 118 valence electrons. The summed E-state index contributed by atoms with van der Waals surface area (Å²) in [5.74, 6) is 0.000312. The molecule has 6 heteroatoms. The van der Waals surface area contributed by atoms with E-state index in [0.717, 1.165) is 34.7 Å². The van der Waals surface area contributed by atoms with Crippen LogP contribution >= 0.6 is 11.3 Å². The lowest BCUT2D eigenvalue weighted by Gasteiger charge is -2.06. The monoisotopic (exact) mass is 327 g/mol. The van der Waals surface area contributed by atoms with E-state index in [2.05, 4.69) is 4.98 Å². The summed E-state index contributed by atoms with van der Waals surface area (Å²) in [4.78, 5) is 21.9. The largest absolute Gasteiger partial charge is 0.478 e.